The van der Waals surface area contributed by atoms with Crippen molar-refractivity contribution in [2.24, 2.45) is 5.73 Å². The summed E-state index contributed by atoms with van der Waals surface area (Å²) in [6, 6.07) is 14.7. The van der Waals surface area contributed by atoms with Crippen molar-refractivity contribution in [3.63, 3.8) is 0 Å². The van der Waals surface area contributed by atoms with Gasteiger partial charge in [0.15, 0.2) is 11.6 Å². The summed E-state index contributed by atoms with van der Waals surface area (Å²) >= 11 is 0. The molecule has 2 rings (SSSR count). The Morgan fingerprint density at radius 2 is 1.53 bits per heavy atom. The number of nitrogens with two attached hydrogens (primary N) is 1. The molecule has 160 valence electrons. The number of carbonyl (C=O) groups excluding carboxylic acids is 3. The Kier molecular flexibility index (Phi) is 8.30. The molecule has 1 atom stereocenters. The van der Waals surface area contributed by atoms with Gasteiger partial charge in [0.1, 0.15) is 5.60 Å². The van der Waals surface area contributed by atoms with Gasteiger partial charge in [-0.25, -0.2) is 4.79 Å². The van der Waals surface area contributed by atoms with Crippen LogP contribution in [0.4, 0.5) is 4.79 Å². The number of alkyl carbamates (subject to hydrolysis) is 1. The number of hydrogen-bond acceptors (Lipinski definition) is 5. The van der Waals surface area contributed by atoms with Crippen LogP contribution in [0.3, 0.4) is 0 Å². The zero-order valence-electron chi connectivity index (χ0n) is 17.8. The number of unbranched alkanes of at least 4 members (excludes halogenated alkanes) is 1. The molecule has 0 fully saturated rings. The highest BCUT2D eigenvalue weighted by molar-refractivity contribution is 6.16. The van der Waals surface area contributed by atoms with Crippen LogP contribution in [0.2, 0.25) is 0 Å². The Morgan fingerprint density at radius 1 is 0.933 bits per heavy atom. The molecule has 0 aliphatic carbocycles. The van der Waals surface area contributed by atoms with E-state index in [2.05, 4.69) is 5.32 Å². The SMILES string of the molecule is CC(C)(C)OC(=O)N[C@@H](CCCCN)C(=O)c1ccccc1C(=O)c1ccccc1. The summed E-state index contributed by atoms with van der Waals surface area (Å²) < 4.78 is 5.31. The quantitative estimate of drug-likeness (QED) is 0.478. The van der Waals surface area contributed by atoms with E-state index in [1.165, 1.54) is 0 Å². The maximum Gasteiger partial charge on any atom is 0.408 e. The third-order valence-corrected chi connectivity index (χ3v) is 4.43. The number of ketones is 2. The number of ether oxygens (including phenoxy) is 1. The average molecular weight is 411 g/mol. The number of rotatable bonds is 9. The molecule has 0 bridgehead atoms. The van der Waals surface area contributed by atoms with Gasteiger partial charge in [-0.15, -0.1) is 0 Å². The summed E-state index contributed by atoms with van der Waals surface area (Å²) in [5.74, 6) is -0.560. The van der Waals surface area contributed by atoms with Gasteiger partial charge in [0, 0.05) is 16.7 Å². The molecule has 0 aliphatic heterocycles. The summed E-state index contributed by atoms with van der Waals surface area (Å²) in [7, 11) is 0. The first kappa shape index (κ1) is 23.3. The molecule has 6 heteroatoms. The zero-order chi connectivity index (χ0) is 22.1. The van der Waals surface area contributed by atoms with Crippen LogP contribution in [0.5, 0.6) is 0 Å². The lowest BCUT2D eigenvalue weighted by Crippen LogP contribution is -2.44. The molecule has 0 unspecified atom stereocenters. The van der Waals surface area contributed by atoms with Crippen molar-refractivity contribution in [1.82, 2.24) is 5.32 Å². The van der Waals surface area contributed by atoms with Crippen LogP contribution >= 0.6 is 0 Å². The minimum atomic E-state index is -0.809. The molecule has 0 heterocycles. The fraction of sp³-hybridized carbons (Fsp3) is 0.375. The maximum atomic E-state index is 13.3. The zero-order valence-corrected chi connectivity index (χ0v) is 17.8. The topological polar surface area (TPSA) is 98.5 Å². The smallest absolute Gasteiger partial charge is 0.408 e. The van der Waals surface area contributed by atoms with E-state index in [1.54, 1.807) is 69.3 Å². The lowest BCUT2D eigenvalue weighted by molar-refractivity contribution is 0.0488. The normalized spacial score (nSPS) is 12.1. The highest BCUT2D eigenvalue weighted by Crippen LogP contribution is 2.19. The third-order valence-electron chi connectivity index (χ3n) is 4.43. The second-order valence-corrected chi connectivity index (χ2v) is 8.09. The van der Waals surface area contributed by atoms with Crippen LogP contribution in [0.15, 0.2) is 54.6 Å². The van der Waals surface area contributed by atoms with Crippen molar-refractivity contribution in [3.05, 3.63) is 71.3 Å². The largest absolute Gasteiger partial charge is 0.444 e. The maximum absolute atomic E-state index is 13.3. The van der Waals surface area contributed by atoms with Crippen LogP contribution in [-0.2, 0) is 4.74 Å². The highest BCUT2D eigenvalue weighted by Gasteiger charge is 2.27. The molecule has 0 aliphatic rings. The fourth-order valence-electron chi connectivity index (χ4n) is 3.04. The lowest BCUT2D eigenvalue weighted by Gasteiger charge is -2.23. The number of amides is 1. The second kappa shape index (κ2) is 10.7. The molecule has 0 radical (unpaired) electrons. The molecular weight excluding hydrogens is 380 g/mol. The monoisotopic (exact) mass is 410 g/mol. The lowest BCUT2D eigenvalue weighted by atomic mass is 9.92. The van der Waals surface area contributed by atoms with E-state index in [0.29, 0.717) is 30.5 Å². The van der Waals surface area contributed by atoms with E-state index in [-0.39, 0.29) is 17.1 Å². The molecule has 0 spiro atoms. The number of carbonyl (C=O) groups is 3. The van der Waals surface area contributed by atoms with Gasteiger partial charge in [0.25, 0.3) is 0 Å². The number of Topliss-reactive ketones (excluding diaryl/α,β-unsaturated/α-hetero) is 1. The molecule has 0 saturated heterocycles. The predicted octanol–water partition coefficient (Wildman–Crippen LogP) is 4.12. The number of benzene rings is 2. The predicted molar refractivity (Wildman–Crippen MR) is 117 cm³/mol. The van der Waals surface area contributed by atoms with Gasteiger partial charge in [-0.1, -0.05) is 54.6 Å². The van der Waals surface area contributed by atoms with Gasteiger partial charge in [-0.3, -0.25) is 9.59 Å². The minimum absolute atomic E-state index is 0.238. The summed E-state index contributed by atoms with van der Waals surface area (Å²) in [5.41, 5.74) is 5.97. The van der Waals surface area contributed by atoms with E-state index in [1.807, 2.05) is 6.07 Å². The number of hydrogen-bond donors (Lipinski definition) is 2. The van der Waals surface area contributed by atoms with E-state index < -0.39 is 17.7 Å². The molecule has 1 amide bonds. The van der Waals surface area contributed by atoms with E-state index in [0.717, 1.165) is 6.42 Å². The Morgan fingerprint density at radius 3 is 2.13 bits per heavy atom. The van der Waals surface area contributed by atoms with Crippen LogP contribution in [-0.4, -0.2) is 35.8 Å². The van der Waals surface area contributed by atoms with E-state index >= 15 is 0 Å². The van der Waals surface area contributed by atoms with Crippen LogP contribution in [0.25, 0.3) is 0 Å². The molecule has 2 aromatic rings. The third kappa shape index (κ3) is 6.81. The fourth-order valence-corrected chi connectivity index (χ4v) is 3.04. The van der Waals surface area contributed by atoms with Crippen molar-refractivity contribution < 1.29 is 19.1 Å². The summed E-state index contributed by atoms with van der Waals surface area (Å²) in [4.78, 5) is 38.6. The van der Waals surface area contributed by atoms with Gasteiger partial charge in [-0.2, -0.15) is 0 Å². The summed E-state index contributed by atoms with van der Waals surface area (Å²) in [5, 5.41) is 2.67. The van der Waals surface area contributed by atoms with Crippen molar-refractivity contribution >= 4 is 17.7 Å². The van der Waals surface area contributed by atoms with Crippen molar-refractivity contribution in [2.45, 2.75) is 51.7 Å². The Hall–Kier alpha value is -2.99. The van der Waals surface area contributed by atoms with Crippen molar-refractivity contribution in [3.8, 4) is 0 Å². The molecule has 0 aromatic heterocycles. The highest BCUT2D eigenvalue weighted by atomic mass is 16.6. The Bertz CT molecular complexity index is 872. The van der Waals surface area contributed by atoms with Crippen LogP contribution in [0.1, 0.15) is 66.3 Å². The van der Waals surface area contributed by atoms with Crippen molar-refractivity contribution in [1.29, 1.82) is 0 Å². The van der Waals surface area contributed by atoms with Crippen molar-refractivity contribution in [2.75, 3.05) is 6.54 Å². The first-order chi connectivity index (χ1) is 14.2. The van der Waals surface area contributed by atoms with Crippen LogP contribution in [0, 0.1) is 0 Å². The molecule has 0 saturated carbocycles. The molecule has 2 aromatic carbocycles. The summed E-state index contributed by atoms with van der Waals surface area (Å²) in [6.45, 7) is 5.76. The minimum Gasteiger partial charge on any atom is -0.444 e. The van der Waals surface area contributed by atoms with Gasteiger partial charge in [0.05, 0.1) is 6.04 Å². The standard InChI is InChI=1S/C24H30N2O4/c1-24(2,3)30-23(29)26-20(15-9-10-16-25)22(28)19-14-8-7-13-18(19)21(27)17-11-5-4-6-12-17/h4-8,11-14,20H,9-10,15-16,25H2,1-3H3,(H,26,29)/t20-/m0/s1. The Balaban J connectivity index is 2.30. The second-order valence-electron chi connectivity index (χ2n) is 8.09. The van der Waals surface area contributed by atoms with Gasteiger partial charge in [0.2, 0.25) is 0 Å². The van der Waals surface area contributed by atoms with E-state index in [4.69, 9.17) is 10.5 Å². The molecule has 30 heavy (non-hydrogen) atoms. The molecule has 3 N–H and O–H groups in total. The first-order valence-corrected chi connectivity index (χ1v) is 10.2. The average Bonchev–Trinajstić information content (AvgIpc) is 2.71. The molecule has 6 nitrogen and oxygen atoms in total. The summed E-state index contributed by atoms with van der Waals surface area (Å²) in [6.07, 6.45) is 1.13. The van der Waals surface area contributed by atoms with Gasteiger partial charge >= 0.3 is 6.09 Å². The van der Waals surface area contributed by atoms with Crippen LogP contribution < -0.4 is 11.1 Å². The van der Waals surface area contributed by atoms with Gasteiger partial charge < -0.3 is 15.8 Å². The van der Waals surface area contributed by atoms with E-state index in [9.17, 15) is 14.4 Å². The van der Waals surface area contributed by atoms with Gasteiger partial charge in [-0.05, 0) is 46.6 Å². The first-order valence-electron chi connectivity index (χ1n) is 10.2. The molecular formula is C24H30N2O4. The Labute approximate surface area is 177 Å². The number of nitrogens with one attached hydrogen (secondary N) is 1.